The third kappa shape index (κ3) is 3.24. The van der Waals surface area contributed by atoms with Gasteiger partial charge in [0, 0.05) is 29.9 Å². The normalized spacial score (nSPS) is 10.8. The van der Waals surface area contributed by atoms with Gasteiger partial charge in [-0.2, -0.15) is 0 Å². The molecule has 0 aliphatic heterocycles. The number of rotatable bonds is 4. The van der Waals surface area contributed by atoms with E-state index in [2.05, 4.69) is 20.3 Å². The highest BCUT2D eigenvalue weighted by atomic mass is 19.1. The number of hydrogen-bond donors (Lipinski definition) is 1. The zero-order valence-corrected chi connectivity index (χ0v) is 14.3. The number of aromatic nitrogens is 3. The Morgan fingerprint density at radius 1 is 1.00 bits per heavy atom. The molecule has 0 saturated carbocycles. The Kier molecular flexibility index (Phi) is 4.27. The highest BCUT2D eigenvalue weighted by Crippen LogP contribution is 2.25. The summed E-state index contributed by atoms with van der Waals surface area (Å²) in [5.41, 5.74) is 3.19. The molecule has 0 bridgehead atoms. The van der Waals surface area contributed by atoms with Gasteiger partial charge in [0.2, 0.25) is 0 Å². The van der Waals surface area contributed by atoms with Crippen LogP contribution in [-0.4, -0.2) is 15.0 Å². The highest BCUT2D eigenvalue weighted by molar-refractivity contribution is 5.90. The molecule has 0 amide bonds. The molecule has 0 atom stereocenters. The van der Waals surface area contributed by atoms with Crippen LogP contribution >= 0.6 is 0 Å². The number of para-hydroxylation sites is 1. The van der Waals surface area contributed by atoms with E-state index >= 15 is 0 Å². The lowest BCUT2D eigenvalue weighted by Crippen LogP contribution is -2.05. The monoisotopic (exact) mass is 344 g/mol. The zero-order chi connectivity index (χ0) is 17.9. The quantitative estimate of drug-likeness (QED) is 0.580. The summed E-state index contributed by atoms with van der Waals surface area (Å²) in [6, 6.07) is 16.9. The summed E-state index contributed by atoms with van der Waals surface area (Å²) in [5.74, 6) is 1.12. The fraction of sp³-hybridized carbons (Fsp3) is 0.0952. The minimum Gasteiger partial charge on any atom is -0.365 e. The molecule has 0 radical (unpaired) electrons. The Hall–Kier alpha value is -3.34. The first-order valence-corrected chi connectivity index (χ1v) is 8.37. The maximum absolute atomic E-state index is 13.8. The van der Waals surface area contributed by atoms with E-state index in [1.165, 1.54) is 0 Å². The van der Waals surface area contributed by atoms with Gasteiger partial charge in [0.15, 0.2) is 5.82 Å². The van der Waals surface area contributed by atoms with Crippen LogP contribution in [0.3, 0.4) is 0 Å². The van der Waals surface area contributed by atoms with Gasteiger partial charge < -0.3 is 5.32 Å². The van der Waals surface area contributed by atoms with Gasteiger partial charge in [-0.25, -0.2) is 14.4 Å². The predicted molar refractivity (Wildman–Crippen MR) is 101 cm³/mol. The summed E-state index contributed by atoms with van der Waals surface area (Å²) < 4.78 is 13.8. The molecule has 2 heterocycles. The van der Waals surface area contributed by atoms with Crippen molar-refractivity contribution in [2.45, 2.75) is 13.5 Å². The van der Waals surface area contributed by atoms with E-state index in [0.717, 1.165) is 27.8 Å². The number of nitrogens with zero attached hydrogens (tertiary/aromatic N) is 3. The number of aryl methyl sites for hydroxylation is 1. The lowest BCUT2D eigenvalue weighted by molar-refractivity contribution is 0.616. The van der Waals surface area contributed by atoms with E-state index in [0.29, 0.717) is 17.9 Å². The Morgan fingerprint density at radius 2 is 1.88 bits per heavy atom. The second-order valence-corrected chi connectivity index (χ2v) is 6.09. The van der Waals surface area contributed by atoms with Crippen molar-refractivity contribution in [2.24, 2.45) is 0 Å². The molecule has 4 nitrogen and oxygen atoms in total. The van der Waals surface area contributed by atoms with Crippen LogP contribution in [0.4, 0.5) is 10.2 Å². The van der Waals surface area contributed by atoms with Crippen molar-refractivity contribution in [1.82, 2.24) is 15.0 Å². The van der Waals surface area contributed by atoms with E-state index in [1.807, 2.05) is 42.5 Å². The average molecular weight is 344 g/mol. The van der Waals surface area contributed by atoms with E-state index < -0.39 is 0 Å². The van der Waals surface area contributed by atoms with E-state index in [4.69, 9.17) is 0 Å². The average Bonchev–Trinajstić information content (AvgIpc) is 2.69. The fourth-order valence-corrected chi connectivity index (χ4v) is 2.77. The van der Waals surface area contributed by atoms with Crippen molar-refractivity contribution >= 4 is 16.7 Å². The summed E-state index contributed by atoms with van der Waals surface area (Å²) in [5, 5.41) is 4.25. The molecular formula is C21H17FN4. The fourth-order valence-electron chi connectivity index (χ4n) is 2.77. The third-order valence-electron chi connectivity index (χ3n) is 4.22. The van der Waals surface area contributed by atoms with Gasteiger partial charge in [0.25, 0.3) is 0 Å². The first kappa shape index (κ1) is 16.1. The van der Waals surface area contributed by atoms with Crippen molar-refractivity contribution in [3.05, 3.63) is 83.9 Å². The molecule has 0 saturated heterocycles. The van der Waals surface area contributed by atoms with Crippen molar-refractivity contribution < 1.29 is 4.39 Å². The number of fused-ring (bicyclic) bond motifs is 1. The molecule has 4 aromatic rings. The number of hydrogen-bond acceptors (Lipinski definition) is 4. The standard InChI is InChI=1S/C21H17FN4/c1-14-8-9-15(11-18(14)22)12-24-21-17-6-2-3-7-19(17)25-20(26-21)16-5-4-10-23-13-16/h2-11,13H,12H2,1H3,(H,24,25,26). The molecule has 0 unspecified atom stereocenters. The molecule has 1 N–H and O–H groups in total. The van der Waals surface area contributed by atoms with Crippen LogP contribution in [0.25, 0.3) is 22.3 Å². The Morgan fingerprint density at radius 3 is 2.69 bits per heavy atom. The van der Waals surface area contributed by atoms with Gasteiger partial charge in [-0.15, -0.1) is 0 Å². The smallest absolute Gasteiger partial charge is 0.163 e. The summed E-state index contributed by atoms with van der Waals surface area (Å²) >= 11 is 0. The largest absolute Gasteiger partial charge is 0.365 e. The Balaban J connectivity index is 1.72. The predicted octanol–water partition coefficient (Wildman–Crippen LogP) is 4.75. The van der Waals surface area contributed by atoms with Crippen molar-refractivity contribution in [1.29, 1.82) is 0 Å². The molecule has 5 heteroatoms. The maximum atomic E-state index is 13.8. The van der Waals surface area contributed by atoms with Gasteiger partial charge in [-0.1, -0.05) is 24.3 Å². The maximum Gasteiger partial charge on any atom is 0.163 e. The third-order valence-corrected chi connectivity index (χ3v) is 4.22. The number of halogens is 1. The van der Waals surface area contributed by atoms with E-state index in [9.17, 15) is 4.39 Å². The van der Waals surface area contributed by atoms with Crippen LogP contribution in [0.2, 0.25) is 0 Å². The van der Waals surface area contributed by atoms with Crippen LogP contribution in [0.1, 0.15) is 11.1 Å². The van der Waals surface area contributed by atoms with Gasteiger partial charge >= 0.3 is 0 Å². The molecule has 0 aliphatic rings. The molecule has 2 aromatic carbocycles. The van der Waals surface area contributed by atoms with Crippen LogP contribution in [0.5, 0.6) is 0 Å². The summed E-state index contributed by atoms with van der Waals surface area (Å²) in [4.78, 5) is 13.4. The SMILES string of the molecule is Cc1ccc(CNc2nc(-c3cccnc3)nc3ccccc23)cc1F. The second-order valence-electron chi connectivity index (χ2n) is 6.09. The van der Waals surface area contributed by atoms with Crippen molar-refractivity contribution in [3.63, 3.8) is 0 Å². The number of pyridine rings is 1. The Labute approximate surface area is 150 Å². The minimum atomic E-state index is -0.201. The van der Waals surface area contributed by atoms with Gasteiger partial charge in [-0.3, -0.25) is 4.98 Å². The summed E-state index contributed by atoms with van der Waals surface area (Å²) in [7, 11) is 0. The molecule has 2 aromatic heterocycles. The number of anilines is 1. The summed E-state index contributed by atoms with van der Waals surface area (Å²) in [6.45, 7) is 2.23. The zero-order valence-electron chi connectivity index (χ0n) is 14.3. The molecular weight excluding hydrogens is 327 g/mol. The van der Waals surface area contributed by atoms with Gasteiger partial charge in [-0.05, 0) is 48.4 Å². The molecule has 4 rings (SSSR count). The number of benzene rings is 2. The molecule has 128 valence electrons. The van der Waals surface area contributed by atoms with E-state index in [1.54, 1.807) is 31.5 Å². The van der Waals surface area contributed by atoms with Crippen LogP contribution < -0.4 is 5.32 Å². The first-order valence-electron chi connectivity index (χ1n) is 8.37. The first-order chi connectivity index (χ1) is 12.7. The highest BCUT2D eigenvalue weighted by Gasteiger charge is 2.09. The number of nitrogens with one attached hydrogen (secondary N) is 1. The van der Waals surface area contributed by atoms with Crippen LogP contribution in [0.15, 0.2) is 67.0 Å². The Bertz CT molecular complexity index is 1060. The van der Waals surface area contributed by atoms with Gasteiger partial charge in [0.05, 0.1) is 5.52 Å². The lowest BCUT2D eigenvalue weighted by atomic mass is 10.1. The summed E-state index contributed by atoms with van der Waals surface area (Å²) in [6.07, 6.45) is 3.46. The van der Waals surface area contributed by atoms with Crippen molar-refractivity contribution in [2.75, 3.05) is 5.32 Å². The van der Waals surface area contributed by atoms with Crippen LogP contribution in [0, 0.1) is 12.7 Å². The lowest BCUT2D eigenvalue weighted by Gasteiger charge is -2.11. The van der Waals surface area contributed by atoms with Crippen LogP contribution in [-0.2, 0) is 6.54 Å². The van der Waals surface area contributed by atoms with Gasteiger partial charge in [0.1, 0.15) is 11.6 Å². The molecule has 0 aliphatic carbocycles. The van der Waals surface area contributed by atoms with Crippen molar-refractivity contribution in [3.8, 4) is 11.4 Å². The second kappa shape index (κ2) is 6.88. The molecule has 0 spiro atoms. The topological polar surface area (TPSA) is 50.7 Å². The molecule has 26 heavy (non-hydrogen) atoms. The molecule has 0 fully saturated rings. The minimum absolute atomic E-state index is 0.201. The van der Waals surface area contributed by atoms with E-state index in [-0.39, 0.29) is 5.82 Å².